The Balaban J connectivity index is 1.94. The van der Waals surface area contributed by atoms with Gasteiger partial charge in [0.2, 0.25) is 0 Å². The lowest BCUT2D eigenvalue weighted by molar-refractivity contribution is 0.638. The summed E-state index contributed by atoms with van der Waals surface area (Å²) < 4.78 is 14.4. The molecule has 0 radical (unpaired) electrons. The lowest BCUT2D eigenvalue weighted by atomic mass is 10.0. The van der Waals surface area contributed by atoms with Gasteiger partial charge in [-0.3, -0.25) is 4.79 Å². The second kappa shape index (κ2) is 4.94. The molecular weight excluding hydrogens is 319 g/mol. The molecule has 5 N–H and O–H groups in total. The second-order valence-electron chi connectivity index (χ2n) is 6.22. The van der Waals surface area contributed by atoms with Gasteiger partial charge in [0.25, 0.3) is 5.56 Å². The number of anilines is 1. The molecule has 0 atom stereocenters. The first-order valence-corrected chi connectivity index (χ1v) is 8.14. The van der Waals surface area contributed by atoms with E-state index in [9.17, 15) is 9.18 Å². The first kappa shape index (κ1) is 14.2. The molecule has 2 aromatic heterocycles. The third kappa shape index (κ3) is 1.82. The monoisotopic (exact) mass is 334 g/mol. The number of halogens is 1. The van der Waals surface area contributed by atoms with Gasteiger partial charge in [0.15, 0.2) is 0 Å². The maximum atomic E-state index is 14.4. The molecule has 0 bridgehead atoms. The Morgan fingerprint density at radius 3 is 2.76 bits per heavy atom. The molecule has 1 aliphatic carbocycles. The standard InChI is InChI=1S/C19H15FN4O/c20-11-2-1-3-12-15(11)16-14-10-5-4-9(22-7-6-21)8-13(10)23-18(14)17(16)19(25)24-12/h1-5,8,22-23H,6-7,21H2,(H,24,25). The van der Waals surface area contributed by atoms with Gasteiger partial charge in [-0.2, -0.15) is 0 Å². The van der Waals surface area contributed by atoms with E-state index in [0.717, 1.165) is 27.2 Å². The van der Waals surface area contributed by atoms with Crippen LogP contribution >= 0.6 is 0 Å². The molecule has 25 heavy (non-hydrogen) atoms. The van der Waals surface area contributed by atoms with Crippen molar-refractivity contribution in [2.45, 2.75) is 0 Å². The molecule has 0 saturated carbocycles. The smallest absolute Gasteiger partial charge is 0.258 e. The Morgan fingerprint density at radius 2 is 1.92 bits per heavy atom. The highest BCUT2D eigenvalue weighted by molar-refractivity contribution is 5.88. The molecule has 0 saturated heterocycles. The number of rotatable bonds is 3. The predicted molar refractivity (Wildman–Crippen MR) is 95.7 cm³/mol. The normalized spacial score (nSPS) is 12.1. The number of aromatic amines is 2. The van der Waals surface area contributed by atoms with Crippen LogP contribution in [0, 0.1) is 26.8 Å². The van der Waals surface area contributed by atoms with Crippen molar-refractivity contribution in [2.75, 3.05) is 18.4 Å². The Kier molecular flexibility index (Phi) is 2.81. The fourth-order valence-corrected chi connectivity index (χ4v) is 3.70. The largest absolute Gasteiger partial charge is 0.384 e. The van der Waals surface area contributed by atoms with E-state index in [1.54, 1.807) is 12.1 Å². The van der Waals surface area contributed by atoms with Crippen molar-refractivity contribution in [3.63, 3.8) is 0 Å². The number of benzene rings is 2. The fraction of sp³-hybridized carbons (Fsp3) is 0.105. The van der Waals surface area contributed by atoms with Crippen molar-refractivity contribution in [3.8, 4) is 0 Å². The molecule has 0 spiro atoms. The topological polar surface area (TPSA) is 86.7 Å². The number of hydrogen-bond donors (Lipinski definition) is 4. The zero-order valence-corrected chi connectivity index (χ0v) is 13.2. The molecule has 124 valence electrons. The molecule has 0 aliphatic heterocycles. The fourth-order valence-electron chi connectivity index (χ4n) is 3.70. The van der Waals surface area contributed by atoms with E-state index >= 15 is 0 Å². The summed E-state index contributed by atoms with van der Waals surface area (Å²) in [5.74, 6) is -0.328. The molecule has 2 heterocycles. The summed E-state index contributed by atoms with van der Waals surface area (Å²) in [5, 5.41) is 7.59. The average Bonchev–Trinajstić information content (AvgIpc) is 2.89. The number of aromatic nitrogens is 2. The van der Waals surface area contributed by atoms with E-state index in [4.69, 9.17) is 5.73 Å². The number of nitrogens with two attached hydrogens (primary N) is 1. The first-order chi connectivity index (χ1) is 12.2. The molecule has 1 aliphatic rings. The molecular formula is C19H15FN4O. The van der Waals surface area contributed by atoms with E-state index in [-0.39, 0.29) is 11.4 Å². The van der Waals surface area contributed by atoms with Gasteiger partial charge in [-0.1, -0.05) is 12.1 Å². The summed E-state index contributed by atoms with van der Waals surface area (Å²) in [5.41, 5.74) is 7.70. The van der Waals surface area contributed by atoms with Crippen molar-refractivity contribution >= 4 is 27.5 Å². The van der Waals surface area contributed by atoms with E-state index in [2.05, 4.69) is 15.3 Å². The quantitative estimate of drug-likeness (QED) is 0.409. The van der Waals surface area contributed by atoms with Crippen LogP contribution in [0.3, 0.4) is 0 Å². The van der Waals surface area contributed by atoms with Gasteiger partial charge in [-0.25, -0.2) is 4.39 Å². The first-order valence-electron chi connectivity index (χ1n) is 8.14. The minimum Gasteiger partial charge on any atom is -0.384 e. The van der Waals surface area contributed by atoms with E-state index < -0.39 is 0 Å². The van der Waals surface area contributed by atoms with E-state index in [1.165, 1.54) is 6.07 Å². The van der Waals surface area contributed by atoms with Crippen LogP contribution in [0.25, 0.3) is 21.8 Å². The molecule has 0 amide bonds. The molecule has 0 fully saturated rings. The number of fused-ring (bicyclic) bond motifs is 6. The molecule has 5 rings (SSSR count). The highest BCUT2D eigenvalue weighted by Gasteiger charge is 2.17. The van der Waals surface area contributed by atoms with Gasteiger partial charge in [0.1, 0.15) is 5.82 Å². The van der Waals surface area contributed by atoms with Crippen LogP contribution in [0.2, 0.25) is 0 Å². The summed E-state index contributed by atoms with van der Waals surface area (Å²) in [4.78, 5) is 18.5. The summed E-state index contributed by atoms with van der Waals surface area (Å²) in [6.45, 7) is 1.23. The zero-order chi connectivity index (χ0) is 17.1. The summed E-state index contributed by atoms with van der Waals surface area (Å²) >= 11 is 0. The lowest BCUT2D eigenvalue weighted by Gasteiger charge is -2.06. The van der Waals surface area contributed by atoms with Crippen molar-refractivity contribution in [3.05, 3.63) is 73.6 Å². The van der Waals surface area contributed by atoms with Gasteiger partial charge >= 0.3 is 0 Å². The average molecular weight is 334 g/mol. The maximum Gasteiger partial charge on any atom is 0.258 e. The lowest BCUT2D eigenvalue weighted by Crippen LogP contribution is -2.13. The van der Waals surface area contributed by atoms with Gasteiger partial charge in [0.05, 0.1) is 16.1 Å². The number of H-pyrrole nitrogens is 2. The minimum atomic E-state index is -0.328. The van der Waals surface area contributed by atoms with Crippen molar-refractivity contribution in [2.24, 2.45) is 5.73 Å². The Bertz CT molecular complexity index is 1420. The van der Waals surface area contributed by atoms with Gasteiger partial charge in [-0.05, 0) is 24.3 Å². The Hall–Kier alpha value is -3.12. The summed E-state index contributed by atoms with van der Waals surface area (Å²) in [6.07, 6.45) is 0. The van der Waals surface area contributed by atoms with Crippen LogP contribution in [0.15, 0.2) is 41.2 Å². The molecule has 6 heteroatoms. The van der Waals surface area contributed by atoms with Gasteiger partial charge < -0.3 is 21.0 Å². The number of hydrogen-bond acceptors (Lipinski definition) is 3. The van der Waals surface area contributed by atoms with Crippen molar-refractivity contribution in [1.82, 2.24) is 9.97 Å². The van der Waals surface area contributed by atoms with E-state index in [0.29, 0.717) is 34.4 Å². The second-order valence-corrected chi connectivity index (χ2v) is 6.22. The predicted octanol–water partition coefficient (Wildman–Crippen LogP) is 2.41. The Morgan fingerprint density at radius 1 is 1.04 bits per heavy atom. The molecule has 0 unspecified atom stereocenters. The maximum absolute atomic E-state index is 14.4. The summed E-state index contributed by atoms with van der Waals surface area (Å²) in [6, 6.07) is 10.7. The highest BCUT2D eigenvalue weighted by atomic mass is 19.1. The highest BCUT2D eigenvalue weighted by Crippen LogP contribution is 2.27. The molecule has 4 aromatic rings. The van der Waals surface area contributed by atoms with Crippen LogP contribution in [0.5, 0.6) is 0 Å². The van der Waals surface area contributed by atoms with Crippen molar-refractivity contribution < 1.29 is 4.39 Å². The number of nitrogens with one attached hydrogen (secondary N) is 3. The van der Waals surface area contributed by atoms with Crippen molar-refractivity contribution in [1.29, 1.82) is 0 Å². The zero-order valence-electron chi connectivity index (χ0n) is 13.2. The van der Waals surface area contributed by atoms with Crippen LogP contribution in [-0.4, -0.2) is 23.1 Å². The van der Waals surface area contributed by atoms with Crippen LogP contribution in [0.1, 0.15) is 0 Å². The van der Waals surface area contributed by atoms with Crippen LogP contribution in [0.4, 0.5) is 10.1 Å². The van der Waals surface area contributed by atoms with Crippen LogP contribution < -0.4 is 16.6 Å². The van der Waals surface area contributed by atoms with Gasteiger partial charge in [-0.15, -0.1) is 0 Å². The number of pyridine rings is 1. The Labute approximate surface area is 140 Å². The van der Waals surface area contributed by atoms with Gasteiger partial charge in [0, 0.05) is 45.5 Å². The van der Waals surface area contributed by atoms with Crippen LogP contribution in [-0.2, 0) is 0 Å². The molecule has 2 aromatic carbocycles. The SMILES string of the molecule is NCCNc1ccc2c3c([nH]c2c1)=c1c(=O)[nH]c2cccc(F)c2c1=3. The third-order valence-corrected chi connectivity index (χ3v) is 4.76. The minimum absolute atomic E-state index is 0.200. The summed E-state index contributed by atoms with van der Waals surface area (Å²) in [7, 11) is 0. The molecule has 5 nitrogen and oxygen atoms in total. The van der Waals surface area contributed by atoms with E-state index in [1.807, 2.05) is 18.2 Å². The third-order valence-electron chi connectivity index (χ3n) is 4.76.